The first kappa shape index (κ1) is 15.1. The molecule has 1 N–H and O–H groups in total. The standard InChI is InChI=1S/C14H21NO2S/c1-3-8-15(9-10-16)14(17)13-6-4-12(5-7-13)11-18-2/h4-7,16H,3,8-11H2,1-2H3. The fraction of sp³-hybridized carbons (Fsp3) is 0.500. The van der Waals surface area contributed by atoms with E-state index in [4.69, 9.17) is 5.11 Å². The summed E-state index contributed by atoms with van der Waals surface area (Å²) in [5.41, 5.74) is 1.92. The van der Waals surface area contributed by atoms with Crippen molar-refractivity contribution in [3.63, 3.8) is 0 Å². The normalized spacial score (nSPS) is 10.4. The highest BCUT2D eigenvalue weighted by Gasteiger charge is 2.13. The van der Waals surface area contributed by atoms with E-state index in [1.54, 1.807) is 16.7 Å². The summed E-state index contributed by atoms with van der Waals surface area (Å²) in [5, 5.41) is 8.98. The number of hydrogen-bond acceptors (Lipinski definition) is 3. The molecule has 0 bridgehead atoms. The summed E-state index contributed by atoms with van der Waals surface area (Å²) < 4.78 is 0. The second kappa shape index (κ2) is 8.16. The first-order valence-electron chi connectivity index (χ1n) is 6.21. The molecule has 4 heteroatoms. The van der Waals surface area contributed by atoms with Gasteiger partial charge in [-0.05, 0) is 30.4 Å². The molecule has 0 heterocycles. The van der Waals surface area contributed by atoms with Gasteiger partial charge in [-0.1, -0.05) is 19.1 Å². The molecule has 0 unspecified atom stereocenters. The Bertz CT molecular complexity index is 359. The molecule has 1 aromatic rings. The minimum atomic E-state index is 0.00148. The molecule has 0 aliphatic heterocycles. The fourth-order valence-electron chi connectivity index (χ4n) is 1.80. The Morgan fingerprint density at radius 2 is 1.94 bits per heavy atom. The Labute approximate surface area is 113 Å². The number of carbonyl (C=O) groups is 1. The second-order valence-electron chi connectivity index (χ2n) is 4.15. The largest absolute Gasteiger partial charge is 0.395 e. The van der Waals surface area contributed by atoms with Gasteiger partial charge in [0.15, 0.2) is 0 Å². The summed E-state index contributed by atoms with van der Waals surface area (Å²) in [6.07, 6.45) is 2.96. The number of rotatable bonds is 7. The average molecular weight is 267 g/mol. The summed E-state index contributed by atoms with van der Waals surface area (Å²) in [6.45, 7) is 3.13. The average Bonchev–Trinajstić information content (AvgIpc) is 2.39. The number of hydrogen-bond donors (Lipinski definition) is 1. The lowest BCUT2D eigenvalue weighted by molar-refractivity contribution is 0.0722. The van der Waals surface area contributed by atoms with Crippen molar-refractivity contribution >= 4 is 17.7 Å². The van der Waals surface area contributed by atoms with Gasteiger partial charge in [-0.2, -0.15) is 11.8 Å². The van der Waals surface area contributed by atoms with E-state index in [1.165, 1.54) is 5.56 Å². The third-order valence-electron chi connectivity index (χ3n) is 2.66. The Kier molecular flexibility index (Phi) is 6.83. The Morgan fingerprint density at radius 1 is 1.28 bits per heavy atom. The van der Waals surface area contributed by atoms with Gasteiger partial charge in [0.1, 0.15) is 0 Å². The number of thioether (sulfide) groups is 1. The van der Waals surface area contributed by atoms with Crippen LogP contribution in [0.2, 0.25) is 0 Å². The van der Waals surface area contributed by atoms with Crippen molar-refractivity contribution < 1.29 is 9.90 Å². The monoisotopic (exact) mass is 267 g/mol. The first-order chi connectivity index (χ1) is 8.72. The van der Waals surface area contributed by atoms with Crippen LogP contribution in [0.15, 0.2) is 24.3 Å². The predicted octanol–water partition coefficient (Wildman–Crippen LogP) is 2.39. The van der Waals surface area contributed by atoms with Crippen molar-refractivity contribution in [1.82, 2.24) is 4.90 Å². The number of aliphatic hydroxyl groups excluding tert-OH is 1. The lowest BCUT2D eigenvalue weighted by atomic mass is 10.1. The van der Waals surface area contributed by atoms with Crippen molar-refractivity contribution in [3.05, 3.63) is 35.4 Å². The Morgan fingerprint density at radius 3 is 2.44 bits per heavy atom. The molecule has 0 saturated heterocycles. The van der Waals surface area contributed by atoms with E-state index in [0.29, 0.717) is 18.7 Å². The van der Waals surface area contributed by atoms with Crippen molar-refractivity contribution in [2.75, 3.05) is 26.0 Å². The van der Waals surface area contributed by atoms with Gasteiger partial charge < -0.3 is 10.0 Å². The van der Waals surface area contributed by atoms with Gasteiger partial charge in [-0.25, -0.2) is 0 Å². The van der Waals surface area contributed by atoms with Gasteiger partial charge in [0.2, 0.25) is 0 Å². The molecule has 1 aromatic carbocycles. The zero-order chi connectivity index (χ0) is 13.4. The fourth-order valence-corrected chi connectivity index (χ4v) is 2.32. The van der Waals surface area contributed by atoms with Gasteiger partial charge in [0, 0.05) is 24.4 Å². The molecule has 18 heavy (non-hydrogen) atoms. The molecule has 0 radical (unpaired) electrons. The van der Waals surface area contributed by atoms with E-state index in [1.807, 2.05) is 31.2 Å². The molecule has 0 fully saturated rings. The van der Waals surface area contributed by atoms with Gasteiger partial charge in [-0.15, -0.1) is 0 Å². The van der Waals surface area contributed by atoms with Crippen molar-refractivity contribution in [3.8, 4) is 0 Å². The van der Waals surface area contributed by atoms with Crippen molar-refractivity contribution in [2.24, 2.45) is 0 Å². The smallest absolute Gasteiger partial charge is 0.253 e. The van der Waals surface area contributed by atoms with Crippen LogP contribution in [-0.2, 0) is 5.75 Å². The Balaban J connectivity index is 2.74. The molecular weight excluding hydrogens is 246 g/mol. The van der Waals surface area contributed by atoms with Crippen LogP contribution in [-0.4, -0.2) is 41.9 Å². The van der Waals surface area contributed by atoms with Crippen LogP contribution >= 0.6 is 11.8 Å². The molecule has 100 valence electrons. The van der Waals surface area contributed by atoms with Crippen LogP contribution in [0.3, 0.4) is 0 Å². The van der Waals surface area contributed by atoms with Gasteiger partial charge in [-0.3, -0.25) is 4.79 Å². The summed E-state index contributed by atoms with van der Waals surface area (Å²) in [4.78, 5) is 13.9. The molecule has 0 saturated carbocycles. The minimum absolute atomic E-state index is 0.00148. The van der Waals surface area contributed by atoms with Gasteiger partial charge in [0.25, 0.3) is 5.91 Å². The highest BCUT2D eigenvalue weighted by Crippen LogP contribution is 2.12. The maximum atomic E-state index is 12.2. The number of benzene rings is 1. The number of carbonyl (C=O) groups excluding carboxylic acids is 1. The maximum Gasteiger partial charge on any atom is 0.253 e. The molecule has 3 nitrogen and oxygen atoms in total. The van der Waals surface area contributed by atoms with E-state index in [0.717, 1.165) is 12.2 Å². The second-order valence-corrected chi connectivity index (χ2v) is 5.01. The van der Waals surface area contributed by atoms with Gasteiger partial charge in [0.05, 0.1) is 6.61 Å². The highest BCUT2D eigenvalue weighted by molar-refractivity contribution is 7.97. The zero-order valence-electron chi connectivity index (χ0n) is 11.1. The number of nitrogens with zero attached hydrogens (tertiary/aromatic N) is 1. The molecule has 0 atom stereocenters. The van der Waals surface area contributed by atoms with Crippen LogP contribution in [0.5, 0.6) is 0 Å². The van der Waals surface area contributed by atoms with E-state index in [9.17, 15) is 4.79 Å². The van der Waals surface area contributed by atoms with Crippen LogP contribution in [0.1, 0.15) is 29.3 Å². The predicted molar refractivity (Wildman–Crippen MR) is 76.9 cm³/mol. The summed E-state index contributed by atoms with van der Waals surface area (Å²) in [7, 11) is 0. The van der Waals surface area contributed by atoms with Crippen LogP contribution in [0, 0.1) is 0 Å². The van der Waals surface area contributed by atoms with Crippen molar-refractivity contribution in [2.45, 2.75) is 19.1 Å². The SMILES string of the molecule is CCCN(CCO)C(=O)c1ccc(CSC)cc1. The van der Waals surface area contributed by atoms with E-state index < -0.39 is 0 Å². The van der Waals surface area contributed by atoms with E-state index in [2.05, 4.69) is 6.26 Å². The third-order valence-corrected chi connectivity index (χ3v) is 3.28. The molecule has 0 aliphatic rings. The molecule has 0 aliphatic carbocycles. The third kappa shape index (κ3) is 4.35. The lowest BCUT2D eigenvalue weighted by Gasteiger charge is -2.21. The van der Waals surface area contributed by atoms with Crippen LogP contribution < -0.4 is 0 Å². The summed E-state index contributed by atoms with van der Waals surface area (Å²) in [6, 6.07) is 7.72. The molecule has 0 spiro atoms. The van der Waals surface area contributed by atoms with Crippen molar-refractivity contribution in [1.29, 1.82) is 0 Å². The van der Waals surface area contributed by atoms with E-state index in [-0.39, 0.29) is 12.5 Å². The lowest BCUT2D eigenvalue weighted by Crippen LogP contribution is -2.34. The molecule has 0 aromatic heterocycles. The zero-order valence-corrected chi connectivity index (χ0v) is 11.9. The molecule has 1 rings (SSSR count). The maximum absolute atomic E-state index is 12.2. The van der Waals surface area contributed by atoms with Crippen LogP contribution in [0.25, 0.3) is 0 Å². The Hall–Kier alpha value is -1.00. The molecule has 1 amide bonds. The van der Waals surface area contributed by atoms with Gasteiger partial charge >= 0.3 is 0 Å². The summed E-state index contributed by atoms with van der Waals surface area (Å²) in [5.74, 6) is 0.964. The highest BCUT2D eigenvalue weighted by atomic mass is 32.2. The first-order valence-corrected chi connectivity index (χ1v) is 7.60. The van der Waals surface area contributed by atoms with E-state index >= 15 is 0 Å². The number of aliphatic hydroxyl groups is 1. The quantitative estimate of drug-likeness (QED) is 0.824. The summed E-state index contributed by atoms with van der Waals surface area (Å²) >= 11 is 1.76. The number of amides is 1. The molecular formula is C14H21NO2S. The topological polar surface area (TPSA) is 40.5 Å². The minimum Gasteiger partial charge on any atom is -0.395 e. The van der Waals surface area contributed by atoms with Crippen LogP contribution in [0.4, 0.5) is 0 Å².